The fourth-order valence-corrected chi connectivity index (χ4v) is 1.87. The van der Waals surface area contributed by atoms with Crippen LogP contribution in [0.5, 0.6) is 5.75 Å². The Balaban J connectivity index is 2.83. The molecule has 0 unspecified atom stereocenters. The number of fused-ring (bicyclic) bond motifs is 1. The molecule has 0 fully saturated rings. The van der Waals surface area contributed by atoms with E-state index in [1.807, 2.05) is 13.0 Å². The van der Waals surface area contributed by atoms with Gasteiger partial charge in [-0.05, 0) is 18.6 Å². The lowest BCUT2D eigenvalue weighted by Gasteiger charge is -2.01. The first kappa shape index (κ1) is 10.1. The first-order chi connectivity index (χ1) is 7.17. The van der Waals surface area contributed by atoms with Crippen LogP contribution < -0.4 is 4.74 Å². The zero-order valence-electron chi connectivity index (χ0n) is 8.43. The van der Waals surface area contributed by atoms with Crippen LogP contribution in [0.1, 0.15) is 16.1 Å². The largest absolute Gasteiger partial charge is 0.497 e. The minimum atomic E-state index is 0.556. The molecular formula is C11H10ClNO2. The number of carbonyl (C=O) groups is 1. The number of aromatic nitrogens is 1. The van der Waals surface area contributed by atoms with Gasteiger partial charge >= 0.3 is 0 Å². The number of halogens is 1. The Labute approximate surface area is 92.0 Å². The average molecular weight is 224 g/mol. The van der Waals surface area contributed by atoms with Gasteiger partial charge in [0.05, 0.1) is 23.3 Å². The van der Waals surface area contributed by atoms with Crippen molar-refractivity contribution in [1.29, 1.82) is 0 Å². The van der Waals surface area contributed by atoms with E-state index in [4.69, 9.17) is 16.3 Å². The van der Waals surface area contributed by atoms with Gasteiger partial charge in [0.1, 0.15) is 5.75 Å². The van der Waals surface area contributed by atoms with Gasteiger partial charge in [0.2, 0.25) is 0 Å². The highest BCUT2D eigenvalue weighted by molar-refractivity contribution is 6.35. The molecule has 0 saturated carbocycles. The van der Waals surface area contributed by atoms with Crippen molar-refractivity contribution in [3.8, 4) is 5.75 Å². The number of rotatable bonds is 2. The molecule has 1 aromatic heterocycles. The van der Waals surface area contributed by atoms with E-state index in [1.165, 1.54) is 0 Å². The summed E-state index contributed by atoms with van der Waals surface area (Å²) < 4.78 is 5.11. The van der Waals surface area contributed by atoms with Gasteiger partial charge in [-0.15, -0.1) is 0 Å². The molecule has 0 atom stereocenters. The van der Waals surface area contributed by atoms with E-state index in [0.29, 0.717) is 16.5 Å². The highest BCUT2D eigenvalue weighted by atomic mass is 35.5. The lowest BCUT2D eigenvalue weighted by molar-refractivity contribution is 0.111. The van der Waals surface area contributed by atoms with Crippen molar-refractivity contribution in [3.05, 3.63) is 28.4 Å². The molecule has 4 heteroatoms. The van der Waals surface area contributed by atoms with Crippen LogP contribution in [0.2, 0.25) is 5.02 Å². The molecule has 78 valence electrons. The van der Waals surface area contributed by atoms with Crippen molar-refractivity contribution in [2.75, 3.05) is 7.11 Å². The summed E-state index contributed by atoms with van der Waals surface area (Å²) in [6.45, 7) is 1.87. The van der Waals surface area contributed by atoms with Crippen LogP contribution in [-0.4, -0.2) is 18.4 Å². The third kappa shape index (κ3) is 1.49. The number of aldehydes is 1. The number of benzene rings is 1. The van der Waals surface area contributed by atoms with E-state index in [-0.39, 0.29) is 0 Å². The summed E-state index contributed by atoms with van der Waals surface area (Å²) in [5.41, 5.74) is 2.22. The van der Waals surface area contributed by atoms with Gasteiger partial charge in [-0.25, -0.2) is 0 Å². The topological polar surface area (TPSA) is 42.1 Å². The number of carbonyl (C=O) groups excluding carboxylic acids is 1. The molecule has 0 aliphatic carbocycles. The van der Waals surface area contributed by atoms with Crippen molar-refractivity contribution < 1.29 is 9.53 Å². The second-order valence-corrected chi connectivity index (χ2v) is 3.72. The van der Waals surface area contributed by atoms with Gasteiger partial charge in [0.25, 0.3) is 0 Å². The molecule has 3 nitrogen and oxygen atoms in total. The van der Waals surface area contributed by atoms with Crippen LogP contribution in [-0.2, 0) is 0 Å². The normalized spacial score (nSPS) is 10.6. The van der Waals surface area contributed by atoms with Crippen LogP contribution in [0, 0.1) is 6.92 Å². The minimum Gasteiger partial charge on any atom is -0.497 e. The molecule has 0 amide bonds. The highest BCUT2D eigenvalue weighted by Crippen LogP contribution is 2.31. The van der Waals surface area contributed by atoms with E-state index in [0.717, 1.165) is 22.8 Å². The number of aryl methyl sites for hydroxylation is 1. The molecule has 1 N–H and O–H groups in total. The first-order valence-electron chi connectivity index (χ1n) is 4.48. The number of H-pyrrole nitrogens is 1. The third-order valence-electron chi connectivity index (χ3n) is 2.48. The monoisotopic (exact) mass is 223 g/mol. The summed E-state index contributed by atoms with van der Waals surface area (Å²) in [4.78, 5) is 13.7. The standard InChI is InChI=1S/C11H10ClNO2/c1-6-8-3-7(15-2)4-9(12)11(8)13-10(6)5-14/h3-5,13H,1-2H3. The summed E-state index contributed by atoms with van der Waals surface area (Å²) >= 11 is 6.06. The summed E-state index contributed by atoms with van der Waals surface area (Å²) in [6, 6.07) is 3.58. The van der Waals surface area contributed by atoms with E-state index in [2.05, 4.69) is 4.98 Å². The Kier molecular flexibility index (Phi) is 2.40. The van der Waals surface area contributed by atoms with Crippen molar-refractivity contribution in [2.24, 2.45) is 0 Å². The summed E-state index contributed by atoms with van der Waals surface area (Å²) in [5.74, 6) is 0.687. The molecule has 0 radical (unpaired) electrons. The predicted molar refractivity (Wildman–Crippen MR) is 60.0 cm³/mol. The summed E-state index contributed by atoms with van der Waals surface area (Å²) in [7, 11) is 1.58. The zero-order valence-corrected chi connectivity index (χ0v) is 9.18. The lowest BCUT2D eigenvalue weighted by Crippen LogP contribution is -1.82. The molecule has 2 rings (SSSR count). The van der Waals surface area contributed by atoms with E-state index < -0.39 is 0 Å². The SMILES string of the molecule is COc1cc(Cl)c2[nH]c(C=O)c(C)c2c1. The minimum absolute atomic E-state index is 0.556. The van der Waals surface area contributed by atoms with E-state index in [9.17, 15) is 4.79 Å². The zero-order chi connectivity index (χ0) is 11.0. The number of methoxy groups -OCH3 is 1. The quantitative estimate of drug-likeness (QED) is 0.796. The Morgan fingerprint density at radius 3 is 2.80 bits per heavy atom. The number of nitrogens with one attached hydrogen (secondary N) is 1. The van der Waals surface area contributed by atoms with E-state index in [1.54, 1.807) is 13.2 Å². The maximum Gasteiger partial charge on any atom is 0.166 e. The van der Waals surface area contributed by atoms with Crippen molar-refractivity contribution in [3.63, 3.8) is 0 Å². The first-order valence-corrected chi connectivity index (χ1v) is 4.86. The fourth-order valence-electron chi connectivity index (χ4n) is 1.61. The van der Waals surface area contributed by atoms with Crippen LogP contribution in [0.25, 0.3) is 10.9 Å². The highest BCUT2D eigenvalue weighted by Gasteiger charge is 2.11. The van der Waals surface area contributed by atoms with Crippen LogP contribution in [0.15, 0.2) is 12.1 Å². The summed E-state index contributed by atoms with van der Waals surface area (Å²) in [6.07, 6.45) is 0.790. The second kappa shape index (κ2) is 3.59. The van der Waals surface area contributed by atoms with Crippen molar-refractivity contribution in [1.82, 2.24) is 4.98 Å². The van der Waals surface area contributed by atoms with Crippen molar-refractivity contribution >= 4 is 28.8 Å². The molecule has 0 bridgehead atoms. The fraction of sp³-hybridized carbons (Fsp3) is 0.182. The lowest BCUT2D eigenvalue weighted by atomic mass is 10.1. The van der Waals surface area contributed by atoms with Crippen LogP contribution in [0.3, 0.4) is 0 Å². The van der Waals surface area contributed by atoms with Gasteiger partial charge in [-0.2, -0.15) is 0 Å². The maximum atomic E-state index is 10.8. The summed E-state index contributed by atoms with van der Waals surface area (Å²) in [5, 5.41) is 1.47. The maximum absolute atomic E-state index is 10.8. The van der Waals surface area contributed by atoms with Gasteiger partial charge < -0.3 is 9.72 Å². The average Bonchev–Trinajstić information content (AvgIpc) is 2.56. The third-order valence-corrected chi connectivity index (χ3v) is 2.78. The number of hydrogen-bond acceptors (Lipinski definition) is 2. The van der Waals surface area contributed by atoms with Gasteiger partial charge in [-0.3, -0.25) is 4.79 Å². The Bertz CT molecular complexity index is 531. The van der Waals surface area contributed by atoms with E-state index >= 15 is 0 Å². The molecule has 1 heterocycles. The molecule has 15 heavy (non-hydrogen) atoms. The van der Waals surface area contributed by atoms with Gasteiger partial charge in [-0.1, -0.05) is 11.6 Å². The Hall–Kier alpha value is -1.48. The smallest absolute Gasteiger partial charge is 0.166 e. The molecule has 0 saturated heterocycles. The Morgan fingerprint density at radius 2 is 2.20 bits per heavy atom. The number of hydrogen-bond donors (Lipinski definition) is 1. The number of ether oxygens (including phenoxy) is 1. The molecule has 0 aliphatic heterocycles. The molecular weight excluding hydrogens is 214 g/mol. The molecule has 1 aromatic carbocycles. The van der Waals surface area contributed by atoms with Crippen LogP contribution >= 0.6 is 11.6 Å². The predicted octanol–water partition coefficient (Wildman–Crippen LogP) is 2.95. The Morgan fingerprint density at radius 1 is 1.47 bits per heavy atom. The van der Waals surface area contributed by atoms with Gasteiger partial charge in [0, 0.05) is 11.5 Å². The molecule has 0 aliphatic rings. The van der Waals surface area contributed by atoms with Gasteiger partial charge in [0.15, 0.2) is 6.29 Å². The second-order valence-electron chi connectivity index (χ2n) is 3.31. The van der Waals surface area contributed by atoms with Crippen molar-refractivity contribution in [2.45, 2.75) is 6.92 Å². The number of aromatic amines is 1. The van der Waals surface area contributed by atoms with Crippen LogP contribution in [0.4, 0.5) is 0 Å². The molecule has 2 aromatic rings. The molecule has 0 spiro atoms.